The van der Waals surface area contributed by atoms with Crippen molar-refractivity contribution in [1.82, 2.24) is 9.29 Å². The molecule has 1 aromatic heterocycles. The number of halogens is 6. The van der Waals surface area contributed by atoms with Gasteiger partial charge in [0, 0.05) is 17.8 Å². The van der Waals surface area contributed by atoms with E-state index in [1.165, 1.54) is 24.4 Å². The molecule has 0 saturated carbocycles. The third-order valence-electron chi connectivity index (χ3n) is 5.49. The maximum atomic E-state index is 14.7. The van der Waals surface area contributed by atoms with Crippen LogP contribution in [0.5, 0.6) is 0 Å². The minimum absolute atomic E-state index is 0.0493. The summed E-state index contributed by atoms with van der Waals surface area (Å²) in [6.45, 7) is 0. The molecule has 0 amide bonds. The van der Waals surface area contributed by atoms with Gasteiger partial charge in [0.2, 0.25) is 0 Å². The van der Waals surface area contributed by atoms with Crippen molar-refractivity contribution >= 4 is 33.2 Å². The topological polar surface area (TPSA) is 51.1 Å². The SMILES string of the molecule is CNC1CCc2c1cn(S(=O)(=O)c1c(Cl)cc(C(F)(F)F)cc1Cl)c2-c1ccccc1F. The fourth-order valence-corrected chi connectivity index (χ4v) is 6.62. The van der Waals surface area contributed by atoms with Crippen molar-refractivity contribution < 1.29 is 26.0 Å². The van der Waals surface area contributed by atoms with E-state index in [4.69, 9.17) is 23.2 Å². The van der Waals surface area contributed by atoms with Gasteiger partial charge in [-0.05, 0) is 55.3 Å². The fourth-order valence-electron chi connectivity index (χ4n) is 4.04. The lowest BCUT2D eigenvalue weighted by Crippen LogP contribution is -2.17. The molecule has 4 nitrogen and oxygen atoms in total. The largest absolute Gasteiger partial charge is 0.416 e. The summed E-state index contributed by atoms with van der Waals surface area (Å²) in [6, 6.07) is 6.55. The first-order chi connectivity index (χ1) is 15.0. The lowest BCUT2D eigenvalue weighted by Gasteiger charge is -2.17. The number of rotatable bonds is 4. The Hall–Kier alpha value is -2.07. The van der Waals surface area contributed by atoms with Crippen LogP contribution in [0, 0.1) is 5.82 Å². The summed E-state index contributed by atoms with van der Waals surface area (Å²) in [7, 11) is -2.86. The monoisotopic (exact) mass is 506 g/mol. The van der Waals surface area contributed by atoms with Gasteiger partial charge in [-0.2, -0.15) is 13.2 Å². The van der Waals surface area contributed by atoms with Crippen LogP contribution in [0.15, 0.2) is 47.5 Å². The average Bonchev–Trinajstić information content (AvgIpc) is 3.26. The van der Waals surface area contributed by atoms with Crippen LogP contribution in [0.1, 0.15) is 29.2 Å². The number of benzene rings is 2. The quantitative estimate of drug-likeness (QED) is 0.437. The molecular weight excluding hydrogens is 491 g/mol. The highest BCUT2D eigenvalue weighted by molar-refractivity contribution is 7.90. The van der Waals surface area contributed by atoms with Crippen molar-refractivity contribution in [2.75, 3.05) is 7.05 Å². The van der Waals surface area contributed by atoms with E-state index in [1.807, 2.05) is 0 Å². The predicted octanol–water partition coefficient (Wildman–Crippen LogP) is 6.06. The summed E-state index contributed by atoms with van der Waals surface area (Å²) in [6.07, 6.45) is -2.24. The Kier molecular flexibility index (Phi) is 5.82. The first-order valence-corrected chi connectivity index (χ1v) is 11.6. The standard InChI is InChI=1S/C21H16Cl2F4N2O2S/c1-28-18-7-6-12-14(18)10-29(19(12)13-4-2-3-5-17(13)24)32(30,31)20-15(22)8-11(9-16(20)23)21(25,26)27/h2-5,8-10,18,28H,6-7H2,1H3. The Bertz CT molecular complexity index is 1300. The van der Waals surface area contributed by atoms with Crippen LogP contribution in [-0.4, -0.2) is 19.4 Å². The summed E-state index contributed by atoms with van der Waals surface area (Å²) < 4.78 is 82.1. The Morgan fingerprint density at radius 1 is 1.12 bits per heavy atom. The smallest absolute Gasteiger partial charge is 0.313 e. The minimum atomic E-state index is -4.76. The summed E-state index contributed by atoms with van der Waals surface area (Å²) in [5, 5.41) is 1.73. The zero-order chi connectivity index (χ0) is 23.4. The van der Waals surface area contributed by atoms with Crippen LogP contribution in [-0.2, 0) is 22.6 Å². The molecule has 0 bridgehead atoms. The van der Waals surface area contributed by atoms with E-state index in [-0.39, 0.29) is 17.3 Å². The second-order valence-corrected chi connectivity index (χ2v) is 9.91. The first kappa shape index (κ1) is 23.1. The minimum Gasteiger partial charge on any atom is -0.313 e. The maximum absolute atomic E-state index is 14.7. The van der Waals surface area contributed by atoms with Gasteiger partial charge in [-0.25, -0.2) is 16.8 Å². The molecule has 1 unspecified atom stereocenters. The van der Waals surface area contributed by atoms with Gasteiger partial charge in [0.1, 0.15) is 10.7 Å². The molecule has 0 saturated heterocycles. The maximum Gasteiger partial charge on any atom is 0.416 e. The van der Waals surface area contributed by atoms with Crippen LogP contribution >= 0.6 is 23.2 Å². The highest BCUT2D eigenvalue weighted by Gasteiger charge is 2.37. The molecule has 3 aromatic rings. The van der Waals surface area contributed by atoms with Gasteiger partial charge in [0.05, 0.1) is 21.3 Å². The number of hydrogen-bond acceptors (Lipinski definition) is 3. The van der Waals surface area contributed by atoms with Gasteiger partial charge in [-0.1, -0.05) is 35.3 Å². The summed E-state index contributed by atoms with van der Waals surface area (Å²) in [5.74, 6) is -0.637. The lowest BCUT2D eigenvalue weighted by atomic mass is 10.1. The molecule has 2 aromatic carbocycles. The van der Waals surface area contributed by atoms with Crippen LogP contribution in [0.4, 0.5) is 17.6 Å². The number of alkyl halides is 3. The van der Waals surface area contributed by atoms with Crippen molar-refractivity contribution in [2.24, 2.45) is 0 Å². The third-order valence-corrected chi connectivity index (χ3v) is 8.07. The van der Waals surface area contributed by atoms with E-state index >= 15 is 0 Å². The van der Waals surface area contributed by atoms with E-state index in [2.05, 4.69) is 5.32 Å². The van der Waals surface area contributed by atoms with Crippen LogP contribution < -0.4 is 5.32 Å². The highest BCUT2D eigenvalue weighted by Crippen LogP contribution is 2.44. The van der Waals surface area contributed by atoms with Gasteiger partial charge in [0.25, 0.3) is 10.0 Å². The van der Waals surface area contributed by atoms with E-state index in [1.54, 1.807) is 13.1 Å². The zero-order valence-corrected chi connectivity index (χ0v) is 18.8. The Morgan fingerprint density at radius 3 is 2.31 bits per heavy atom. The van der Waals surface area contributed by atoms with Crippen molar-refractivity contribution in [1.29, 1.82) is 0 Å². The second kappa shape index (κ2) is 8.06. The molecule has 0 radical (unpaired) electrons. The van der Waals surface area contributed by atoms with E-state index < -0.39 is 42.5 Å². The lowest BCUT2D eigenvalue weighted by molar-refractivity contribution is -0.137. The number of fused-ring (bicyclic) bond motifs is 1. The van der Waals surface area contributed by atoms with Gasteiger partial charge in [-0.15, -0.1) is 0 Å². The average molecular weight is 507 g/mol. The van der Waals surface area contributed by atoms with Gasteiger partial charge < -0.3 is 5.32 Å². The number of aromatic nitrogens is 1. The van der Waals surface area contributed by atoms with Gasteiger partial charge in [0.15, 0.2) is 0 Å². The Morgan fingerprint density at radius 2 is 1.75 bits per heavy atom. The normalized spacial score (nSPS) is 16.4. The Balaban J connectivity index is 2.00. The van der Waals surface area contributed by atoms with E-state index in [0.29, 0.717) is 36.1 Å². The molecule has 11 heteroatoms. The predicted molar refractivity (Wildman–Crippen MR) is 114 cm³/mol. The first-order valence-electron chi connectivity index (χ1n) is 9.45. The van der Waals surface area contributed by atoms with E-state index in [9.17, 15) is 26.0 Å². The molecule has 0 fully saturated rings. The zero-order valence-electron chi connectivity index (χ0n) is 16.5. The Labute approximate surface area is 191 Å². The molecule has 0 spiro atoms. The highest BCUT2D eigenvalue weighted by atomic mass is 35.5. The molecule has 32 heavy (non-hydrogen) atoms. The van der Waals surface area contributed by atoms with Crippen molar-refractivity contribution in [2.45, 2.75) is 30.0 Å². The molecule has 1 aliphatic rings. The molecule has 4 rings (SSSR count). The van der Waals surface area contributed by atoms with Crippen molar-refractivity contribution in [3.63, 3.8) is 0 Å². The van der Waals surface area contributed by atoms with Crippen LogP contribution in [0.3, 0.4) is 0 Å². The molecule has 1 atom stereocenters. The van der Waals surface area contributed by atoms with Gasteiger partial charge in [-0.3, -0.25) is 0 Å². The fraction of sp³-hybridized carbons (Fsp3) is 0.238. The van der Waals surface area contributed by atoms with E-state index in [0.717, 1.165) is 3.97 Å². The molecular formula is C21H16Cl2F4N2O2S. The van der Waals surface area contributed by atoms with Crippen LogP contribution in [0.2, 0.25) is 10.0 Å². The van der Waals surface area contributed by atoms with Crippen LogP contribution in [0.25, 0.3) is 11.3 Å². The summed E-state index contributed by atoms with van der Waals surface area (Å²) in [4.78, 5) is -0.680. The number of hydrogen-bond donors (Lipinski definition) is 1. The number of nitrogens with zero attached hydrogens (tertiary/aromatic N) is 1. The molecule has 1 aliphatic carbocycles. The summed E-state index contributed by atoms with van der Waals surface area (Å²) in [5.41, 5.74) is 0.271. The second-order valence-electron chi connectivity index (χ2n) is 7.34. The molecule has 0 aliphatic heterocycles. The number of nitrogens with one attached hydrogen (secondary N) is 1. The molecule has 1 heterocycles. The third kappa shape index (κ3) is 3.71. The van der Waals surface area contributed by atoms with Crippen molar-refractivity contribution in [3.8, 4) is 11.3 Å². The molecule has 1 N–H and O–H groups in total. The van der Waals surface area contributed by atoms with Crippen molar-refractivity contribution in [3.05, 3.63) is 75.1 Å². The van der Waals surface area contributed by atoms with Gasteiger partial charge >= 0.3 is 6.18 Å². The summed E-state index contributed by atoms with van der Waals surface area (Å²) >= 11 is 12.0. The molecule has 170 valence electrons.